The van der Waals surface area contributed by atoms with Crippen LogP contribution in [-0.2, 0) is 22.6 Å². The summed E-state index contributed by atoms with van der Waals surface area (Å²) in [4.78, 5) is 28.4. The standard InChI is InChI=1S/C32H33NO6/c1-4-5-15-38-26-14-11-22(18-27(26)37-3)29-28(30(34)23-12-13-25-24(17-23)16-20(2)39-25)31(35)32(36)33(29)19-21-9-7-6-8-10-21/h6-14,17-18,20,29,34H,4-5,15-16,19H2,1-3H3/b30-28-. The summed E-state index contributed by atoms with van der Waals surface area (Å²) in [5.74, 6) is 0.258. The summed E-state index contributed by atoms with van der Waals surface area (Å²) in [7, 11) is 1.56. The second-order valence-electron chi connectivity index (χ2n) is 9.98. The molecule has 2 aliphatic rings. The highest BCUT2D eigenvalue weighted by atomic mass is 16.5. The maximum absolute atomic E-state index is 13.5. The summed E-state index contributed by atoms with van der Waals surface area (Å²) < 4.78 is 17.3. The van der Waals surface area contributed by atoms with Crippen LogP contribution in [-0.4, -0.2) is 41.5 Å². The molecule has 0 aliphatic carbocycles. The van der Waals surface area contributed by atoms with Crippen LogP contribution in [0.5, 0.6) is 17.2 Å². The van der Waals surface area contributed by atoms with Crippen LogP contribution < -0.4 is 14.2 Å². The van der Waals surface area contributed by atoms with Crippen LogP contribution >= 0.6 is 0 Å². The van der Waals surface area contributed by atoms with Crippen LogP contribution in [0.2, 0.25) is 0 Å². The minimum Gasteiger partial charge on any atom is -0.507 e. The molecule has 3 aromatic rings. The number of benzene rings is 3. The van der Waals surface area contributed by atoms with Crippen molar-refractivity contribution in [3.63, 3.8) is 0 Å². The predicted molar refractivity (Wildman–Crippen MR) is 148 cm³/mol. The van der Waals surface area contributed by atoms with Crippen LogP contribution in [0, 0.1) is 0 Å². The lowest BCUT2D eigenvalue weighted by Crippen LogP contribution is -2.29. The molecule has 2 heterocycles. The lowest BCUT2D eigenvalue weighted by molar-refractivity contribution is -0.140. The van der Waals surface area contributed by atoms with Gasteiger partial charge in [0, 0.05) is 18.5 Å². The Morgan fingerprint density at radius 2 is 1.85 bits per heavy atom. The first-order valence-corrected chi connectivity index (χ1v) is 13.3. The lowest BCUT2D eigenvalue weighted by atomic mass is 9.94. The van der Waals surface area contributed by atoms with Gasteiger partial charge in [0.25, 0.3) is 11.7 Å². The normalized spacial score (nSPS) is 19.6. The molecule has 5 rings (SSSR count). The fourth-order valence-electron chi connectivity index (χ4n) is 5.19. The number of rotatable bonds is 9. The van der Waals surface area contributed by atoms with Gasteiger partial charge in [-0.25, -0.2) is 0 Å². The molecule has 1 amide bonds. The Balaban J connectivity index is 1.60. The van der Waals surface area contributed by atoms with Crippen LogP contribution in [0.25, 0.3) is 5.76 Å². The second kappa shape index (κ2) is 11.2. The SMILES string of the molecule is CCCCOc1ccc(C2/C(=C(/O)c3ccc4c(c3)CC(C)O4)C(=O)C(=O)N2Cc2ccccc2)cc1OC. The second-order valence-corrected chi connectivity index (χ2v) is 9.98. The lowest BCUT2D eigenvalue weighted by Gasteiger charge is -2.26. The van der Waals surface area contributed by atoms with E-state index in [2.05, 4.69) is 6.92 Å². The van der Waals surface area contributed by atoms with Gasteiger partial charge in [0.05, 0.1) is 25.3 Å². The number of Topliss-reactive ketones (excluding diaryl/α,β-unsaturated/α-hetero) is 1. The van der Waals surface area contributed by atoms with Gasteiger partial charge in [-0.2, -0.15) is 0 Å². The van der Waals surface area contributed by atoms with Crippen LogP contribution in [0.3, 0.4) is 0 Å². The number of ether oxygens (including phenoxy) is 3. The third-order valence-electron chi connectivity index (χ3n) is 7.16. The van der Waals surface area contributed by atoms with E-state index in [-0.39, 0.29) is 24.0 Å². The number of ketones is 1. The average Bonchev–Trinajstić information content (AvgIpc) is 3.44. The maximum atomic E-state index is 13.5. The first kappa shape index (κ1) is 26.4. The van der Waals surface area contributed by atoms with E-state index in [1.54, 1.807) is 31.4 Å². The average molecular weight is 528 g/mol. The van der Waals surface area contributed by atoms with Crippen molar-refractivity contribution in [1.29, 1.82) is 0 Å². The van der Waals surface area contributed by atoms with Crippen molar-refractivity contribution in [2.45, 2.75) is 51.8 Å². The molecule has 1 N–H and O–H groups in total. The molecule has 2 unspecified atom stereocenters. The summed E-state index contributed by atoms with van der Waals surface area (Å²) in [5, 5.41) is 11.5. The zero-order chi connectivity index (χ0) is 27.5. The summed E-state index contributed by atoms with van der Waals surface area (Å²) in [5.41, 5.74) is 2.99. The smallest absolute Gasteiger partial charge is 0.295 e. The quantitative estimate of drug-likeness (QED) is 0.163. The van der Waals surface area contributed by atoms with E-state index in [4.69, 9.17) is 14.2 Å². The molecular weight excluding hydrogens is 494 g/mol. The minimum absolute atomic E-state index is 0.0411. The number of fused-ring (bicyclic) bond motifs is 1. The molecule has 7 heteroatoms. The Morgan fingerprint density at radius 1 is 1.05 bits per heavy atom. The Morgan fingerprint density at radius 3 is 2.59 bits per heavy atom. The molecule has 0 aromatic heterocycles. The zero-order valence-corrected chi connectivity index (χ0v) is 22.5. The van der Waals surface area contributed by atoms with Crippen molar-refractivity contribution in [3.05, 3.63) is 94.6 Å². The van der Waals surface area contributed by atoms with Crippen molar-refractivity contribution in [2.24, 2.45) is 0 Å². The zero-order valence-electron chi connectivity index (χ0n) is 22.5. The number of carbonyl (C=O) groups is 2. The van der Waals surface area contributed by atoms with Crippen molar-refractivity contribution >= 4 is 17.4 Å². The summed E-state index contributed by atoms with van der Waals surface area (Å²) >= 11 is 0. The molecule has 0 radical (unpaired) electrons. The van der Waals surface area contributed by atoms with Gasteiger partial charge in [0.2, 0.25) is 0 Å². The number of aliphatic hydroxyl groups is 1. The molecule has 2 aliphatic heterocycles. The molecule has 0 spiro atoms. The van der Waals surface area contributed by atoms with Crippen LogP contribution in [0.15, 0.2) is 72.3 Å². The maximum Gasteiger partial charge on any atom is 0.295 e. The molecule has 7 nitrogen and oxygen atoms in total. The number of carbonyl (C=O) groups excluding carboxylic acids is 2. The van der Waals surface area contributed by atoms with E-state index >= 15 is 0 Å². The number of aliphatic hydroxyl groups excluding tert-OH is 1. The number of nitrogens with zero attached hydrogens (tertiary/aromatic N) is 1. The fourth-order valence-corrected chi connectivity index (χ4v) is 5.19. The van der Waals surface area contributed by atoms with Gasteiger partial charge in [-0.1, -0.05) is 49.7 Å². The van der Waals surface area contributed by atoms with Gasteiger partial charge in [0.15, 0.2) is 11.5 Å². The largest absolute Gasteiger partial charge is 0.507 e. The van der Waals surface area contributed by atoms with E-state index in [0.29, 0.717) is 35.7 Å². The Labute approximate surface area is 228 Å². The van der Waals surface area contributed by atoms with E-state index < -0.39 is 17.7 Å². The predicted octanol–water partition coefficient (Wildman–Crippen LogP) is 5.82. The first-order chi connectivity index (χ1) is 18.9. The number of unbranched alkanes of at least 4 members (excludes halogenated alkanes) is 1. The highest BCUT2D eigenvalue weighted by molar-refractivity contribution is 6.46. The Kier molecular flexibility index (Phi) is 7.59. The molecule has 202 valence electrons. The van der Waals surface area contributed by atoms with Gasteiger partial charge in [-0.3, -0.25) is 9.59 Å². The van der Waals surface area contributed by atoms with Gasteiger partial charge < -0.3 is 24.2 Å². The molecule has 1 fully saturated rings. The van der Waals surface area contributed by atoms with Gasteiger partial charge in [0.1, 0.15) is 17.6 Å². The van der Waals surface area contributed by atoms with Crippen molar-refractivity contribution in [1.82, 2.24) is 4.90 Å². The topological polar surface area (TPSA) is 85.3 Å². The summed E-state index contributed by atoms with van der Waals surface area (Å²) in [6, 6.07) is 19.4. The van der Waals surface area contributed by atoms with E-state index in [1.165, 1.54) is 4.90 Å². The molecule has 0 bridgehead atoms. The van der Waals surface area contributed by atoms with Gasteiger partial charge in [-0.05, 0) is 60.4 Å². The van der Waals surface area contributed by atoms with E-state index in [0.717, 1.165) is 29.7 Å². The van der Waals surface area contributed by atoms with E-state index in [1.807, 2.05) is 49.4 Å². The van der Waals surface area contributed by atoms with Crippen molar-refractivity contribution in [2.75, 3.05) is 13.7 Å². The Hall–Kier alpha value is -4.26. The highest BCUT2D eigenvalue weighted by Gasteiger charge is 2.46. The summed E-state index contributed by atoms with van der Waals surface area (Å²) in [6.07, 6.45) is 2.66. The highest BCUT2D eigenvalue weighted by Crippen LogP contribution is 2.43. The van der Waals surface area contributed by atoms with Gasteiger partial charge >= 0.3 is 0 Å². The monoisotopic (exact) mass is 527 g/mol. The number of hydrogen-bond donors (Lipinski definition) is 1. The molecule has 0 saturated carbocycles. The number of methoxy groups -OCH3 is 1. The van der Waals surface area contributed by atoms with Crippen LogP contribution in [0.4, 0.5) is 0 Å². The third-order valence-corrected chi connectivity index (χ3v) is 7.16. The van der Waals surface area contributed by atoms with Crippen LogP contribution in [0.1, 0.15) is 55.0 Å². The van der Waals surface area contributed by atoms with E-state index in [9.17, 15) is 14.7 Å². The first-order valence-electron chi connectivity index (χ1n) is 13.3. The number of likely N-dealkylation sites (tertiary alicyclic amines) is 1. The summed E-state index contributed by atoms with van der Waals surface area (Å²) in [6.45, 7) is 4.84. The molecule has 2 atom stereocenters. The number of hydrogen-bond acceptors (Lipinski definition) is 6. The molecule has 3 aromatic carbocycles. The molecule has 39 heavy (non-hydrogen) atoms. The van der Waals surface area contributed by atoms with Crippen molar-refractivity contribution in [3.8, 4) is 17.2 Å². The minimum atomic E-state index is -0.813. The van der Waals surface area contributed by atoms with Gasteiger partial charge in [-0.15, -0.1) is 0 Å². The number of amides is 1. The molecule has 1 saturated heterocycles. The van der Waals surface area contributed by atoms with Crippen molar-refractivity contribution < 1.29 is 28.9 Å². The fraction of sp³-hybridized carbons (Fsp3) is 0.312. The third kappa shape index (κ3) is 5.21. The molecular formula is C32H33NO6. The Bertz CT molecular complexity index is 1410.